The summed E-state index contributed by atoms with van der Waals surface area (Å²) in [5.74, 6) is 0.941. The molecule has 3 heterocycles. The fourth-order valence-corrected chi connectivity index (χ4v) is 3.69. The summed E-state index contributed by atoms with van der Waals surface area (Å²) in [5.41, 5.74) is 4.69. The first-order valence-corrected chi connectivity index (χ1v) is 9.32. The molecule has 5 rings (SSSR count). The number of ether oxygens (including phenoxy) is 1. The lowest BCUT2D eigenvalue weighted by atomic mass is 9.97. The minimum Gasteiger partial charge on any atom is -0.378 e. The van der Waals surface area contributed by atoms with E-state index in [1.54, 1.807) is 6.33 Å². The monoisotopic (exact) mass is 349 g/mol. The van der Waals surface area contributed by atoms with E-state index < -0.39 is 0 Å². The van der Waals surface area contributed by atoms with Gasteiger partial charge in [-0.25, -0.2) is 9.97 Å². The maximum atomic E-state index is 5.44. The van der Waals surface area contributed by atoms with Crippen LogP contribution in [0.15, 0.2) is 30.6 Å². The van der Waals surface area contributed by atoms with Crippen molar-refractivity contribution in [3.8, 4) is 11.4 Å². The van der Waals surface area contributed by atoms with E-state index in [4.69, 9.17) is 4.74 Å². The number of H-pyrrole nitrogens is 1. The molecule has 0 atom stereocenters. The van der Waals surface area contributed by atoms with E-state index in [1.165, 1.54) is 18.4 Å². The Balaban J connectivity index is 1.50. The first-order valence-electron chi connectivity index (χ1n) is 9.32. The number of benzene rings is 1. The third-order valence-electron chi connectivity index (χ3n) is 5.59. The van der Waals surface area contributed by atoms with E-state index >= 15 is 0 Å². The van der Waals surface area contributed by atoms with Crippen LogP contribution in [0.4, 0.5) is 5.82 Å². The van der Waals surface area contributed by atoms with Gasteiger partial charge in [-0.1, -0.05) is 13.0 Å². The Bertz CT molecular complexity index is 940. The first-order chi connectivity index (χ1) is 12.7. The molecule has 0 amide bonds. The second-order valence-electron chi connectivity index (χ2n) is 7.80. The van der Waals surface area contributed by atoms with Gasteiger partial charge in [-0.15, -0.1) is 0 Å². The summed E-state index contributed by atoms with van der Waals surface area (Å²) >= 11 is 0. The lowest BCUT2D eigenvalue weighted by Crippen LogP contribution is -2.36. The molecule has 2 aliphatic rings. The van der Waals surface area contributed by atoms with E-state index in [2.05, 4.69) is 50.2 Å². The molecule has 0 spiro atoms. The van der Waals surface area contributed by atoms with Crippen molar-refractivity contribution in [2.45, 2.75) is 26.2 Å². The standard InChI is InChI=1S/C20H23N5O/c1-20(4-5-20)12-14-2-3-16-15(10-14)19(24-23-16)17-11-18(22-13-21-17)25-6-8-26-9-7-25/h2-3,10-11,13H,4-9,12H2,1H3,(H,23,24). The fourth-order valence-electron chi connectivity index (χ4n) is 3.69. The quantitative estimate of drug-likeness (QED) is 0.783. The van der Waals surface area contributed by atoms with Gasteiger partial charge in [-0.05, 0) is 42.4 Å². The normalized spacial score (nSPS) is 19.0. The van der Waals surface area contributed by atoms with Gasteiger partial charge in [0.05, 0.1) is 24.4 Å². The minimum atomic E-state index is 0.496. The van der Waals surface area contributed by atoms with Crippen LogP contribution in [0.1, 0.15) is 25.3 Å². The third-order valence-corrected chi connectivity index (χ3v) is 5.59. The van der Waals surface area contributed by atoms with Crippen LogP contribution in [0.3, 0.4) is 0 Å². The zero-order valence-electron chi connectivity index (χ0n) is 15.0. The molecule has 1 saturated heterocycles. The average Bonchev–Trinajstić information content (AvgIpc) is 3.25. The zero-order valence-corrected chi connectivity index (χ0v) is 15.0. The summed E-state index contributed by atoms with van der Waals surface area (Å²) in [6.07, 6.45) is 5.43. The lowest BCUT2D eigenvalue weighted by Gasteiger charge is -2.27. The van der Waals surface area contributed by atoms with Crippen LogP contribution in [-0.2, 0) is 11.2 Å². The summed E-state index contributed by atoms with van der Waals surface area (Å²) in [6, 6.07) is 8.66. The topological polar surface area (TPSA) is 66.9 Å². The highest BCUT2D eigenvalue weighted by Gasteiger charge is 2.37. The van der Waals surface area contributed by atoms with Gasteiger partial charge in [0, 0.05) is 24.5 Å². The van der Waals surface area contributed by atoms with Crippen molar-refractivity contribution in [3.05, 3.63) is 36.2 Å². The molecule has 2 aromatic heterocycles. The molecule has 0 bridgehead atoms. The summed E-state index contributed by atoms with van der Waals surface area (Å²) in [6.45, 7) is 5.58. The molecular formula is C20H23N5O. The van der Waals surface area contributed by atoms with Gasteiger partial charge in [-0.2, -0.15) is 5.10 Å². The van der Waals surface area contributed by atoms with Gasteiger partial charge >= 0.3 is 0 Å². The Kier molecular flexibility index (Phi) is 3.67. The Labute approximate surface area is 152 Å². The van der Waals surface area contributed by atoms with Crippen molar-refractivity contribution in [3.63, 3.8) is 0 Å². The van der Waals surface area contributed by atoms with Gasteiger partial charge in [0.25, 0.3) is 0 Å². The van der Waals surface area contributed by atoms with Crippen molar-refractivity contribution in [1.29, 1.82) is 0 Å². The molecule has 1 saturated carbocycles. The Morgan fingerprint density at radius 3 is 2.81 bits per heavy atom. The highest BCUT2D eigenvalue weighted by atomic mass is 16.5. The molecule has 1 N–H and O–H groups in total. The molecule has 3 aromatic rings. The van der Waals surface area contributed by atoms with Crippen molar-refractivity contribution in [1.82, 2.24) is 20.2 Å². The molecule has 2 fully saturated rings. The summed E-state index contributed by atoms with van der Waals surface area (Å²) < 4.78 is 5.44. The molecule has 1 aromatic carbocycles. The highest BCUT2D eigenvalue weighted by Crippen LogP contribution is 2.47. The van der Waals surface area contributed by atoms with Crippen LogP contribution in [0.5, 0.6) is 0 Å². The van der Waals surface area contributed by atoms with Gasteiger partial charge in [-0.3, -0.25) is 5.10 Å². The van der Waals surface area contributed by atoms with Crippen LogP contribution >= 0.6 is 0 Å². The second-order valence-corrected chi connectivity index (χ2v) is 7.80. The number of nitrogens with one attached hydrogen (secondary N) is 1. The molecule has 1 aliphatic carbocycles. The zero-order chi connectivity index (χ0) is 17.6. The van der Waals surface area contributed by atoms with Crippen LogP contribution in [0.2, 0.25) is 0 Å². The van der Waals surface area contributed by atoms with Gasteiger partial charge < -0.3 is 9.64 Å². The number of aromatic amines is 1. The van der Waals surface area contributed by atoms with Crippen LogP contribution in [0.25, 0.3) is 22.3 Å². The lowest BCUT2D eigenvalue weighted by molar-refractivity contribution is 0.122. The van der Waals surface area contributed by atoms with Gasteiger partial charge in [0.2, 0.25) is 0 Å². The van der Waals surface area contributed by atoms with E-state index in [0.717, 1.165) is 60.8 Å². The molecule has 6 nitrogen and oxygen atoms in total. The van der Waals surface area contributed by atoms with Crippen LogP contribution < -0.4 is 4.90 Å². The van der Waals surface area contributed by atoms with E-state index in [0.29, 0.717) is 5.41 Å². The fraction of sp³-hybridized carbons (Fsp3) is 0.450. The molecule has 0 radical (unpaired) electrons. The summed E-state index contributed by atoms with van der Waals surface area (Å²) in [5, 5.41) is 8.83. The number of aromatic nitrogens is 4. The molecule has 6 heteroatoms. The van der Waals surface area contributed by atoms with Crippen LogP contribution in [-0.4, -0.2) is 46.5 Å². The Hall–Kier alpha value is -2.47. The van der Waals surface area contributed by atoms with E-state index in [-0.39, 0.29) is 0 Å². The molecule has 134 valence electrons. The maximum Gasteiger partial charge on any atom is 0.132 e. The maximum absolute atomic E-state index is 5.44. The van der Waals surface area contributed by atoms with E-state index in [9.17, 15) is 0 Å². The number of hydrogen-bond donors (Lipinski definition) is 1. The van der Waals surface area contributed by atoms with Gasteiger partial charge in [0.15, 0.2) is 0 Å². The summed E-state index contributed by atoms with van der Waals surface area (Å²) in [4.78, 5) is 11.2. The number of morpholine rings is 1. The highest BCUT2D eigenvalue weighted by molar-refractivity contribution is 5.92. The summed E-state index contributed by atoms with van der Waals surface area (Å²) in [7, 11) is 0. The predicted molar refractivity (Wildman–Crippen MR) is 101 cm³/mol. The van der Waals surface area contributed by atoms with Crippen molar-refractivity contribution in [2.75, 3.05) is 31.2 Å². The second kappa shape index (κ2) is 6.06. The molecule has 26 heavy (non-hydrogen) atoms. The number of anilines is 1. The Morgan fingerprint density at radius 2 is 2.00 bits per heavy atom. The largest absolute Gasteiger partial charge is 0.378 e. The first kappa shape index (κ1) is 15.8. The number of fused-ring (bicyclic) bond motifs is 1. The number of hydrogen-bond acceptors (Lipinski definition) is 5. The van der Waals surface area contributed by atoms with Crippen molar-refractivity contribution < 1.29 is 4.74 Å². The van der Waals surface area contributed by atoms with Crippen LogP contribution in [0, 0.1) is 5.41 Å². The number of rotatable bonds is 4. The predicted octanol–water partition coefficient (Wildman–Crippen LogP) is 3.20. The Morgan fingerprint density at radius 1 is 1.15 bits per heavy atom. The van der Waals surface area contributed by atoms with Gasteiger partial charge in [0.1, 0.15) is 17.8 Å². The average molecular weight is 349 g/mol. The molecule has 0 unspecified atom stereocenters. The SMILES string of the molecule is CC1(Cc2ccc3[nH]nc(-c4cc(N5CCOCC5)ncn4)c3c2)CC1. The van der Waals surface area contributed by atoms with Crippen molar-refractivity contribution in [2.24, 2.45) is 5.41 Å². The minimum absolute atomic E-state index is 0.496. The molecule has 1 aliphatic heterocycles. The molecular weight excluding hydrogens is 326 g/mol. The number of nitrogens with zero attached hydrogens (tertiary/aromatic N) is 4. The van der Waals surface area contributed by atoms with E-state index in [1.807, 2.05) is 6.07 Å². The van der Waals surface area contributed by atoms with Crippen molar-refractivity contribution >= 4 is 16.7 Å². The third kappa shape index (κ3) is 2.94. The smallest absolute Gasteiger partial charge is 0.132 e.